The third-order valence-electron chi connectivity index (χ3n) is 3.35. The topological polar surface area (TPSA) is 32.3 Å². The van der Waals surface area contributed by atoms with Crippen molar-refractivity contribution in [2.24, 2.45) is 0 Å². The van der Waals surface area contributed by atoms with Gasteiger partial charge in [-0.1, -0.05) is 19.1 Å². The number of rotatable bonds is 2. The van der Waals surface area contributed by atoms with Crippen LogP contribution in [0.1, 0.15) is 38.2 Å². The van der Waals surface area contributed by atoms with Crippen molar-refractivity contribution in [3.05, 3.63) is 29.8 Å². The first-order chi connectivity index (χ1) is 7.20. The van der Waals surface area contributed by atoms with Crippen LogP contribution in [0.2, 0.25) is 0 Å². The molecule has 1 heterocycles. The van der Waals surface area contributed by atoms with Gasteiger partial charge < -0.3 is 10.4 Å². The largest absolute Gasteiger partial charge is 0.508 e. The molecule has 0 radical (unpaired) electrons. The Morgan fingerprint density at radius 3 is 2.60 bits per heavy atom. The van der Waals surface area contributed by atoms with Gasteiger partial charge in [0.05, 0.1) is 0 Å². The molecule has 0 spiro atoms. The molecular formula is C13H19NO. The second-order valence-electron chi connectivity index (χ2n) is 4.52. The van der Waals surface area contributed by atoms with E-state index in [9.17, 15) is 5.11 Å². The molecule has 1 aromatic carbocycles. The smallest absolute Gasteiger partial charge is 0.115 e. The normalized spacial score (nSPS) is 30.7. The van der Waals surface area contributed by atoms with Crippen molar-refractivity contribution in [3.8, 4) is 5.75 Å². The van der Waals surface area contributed by atoms with Gasteiger partial charge in [0.1, 0.15) is 5.75 Å². The molecule has 1 aromatic rings. The molecule has 1 aliphatic rings. The Morgan fingerprint density at radius 2 is 2.00 bits per heavy atom. The first-order valence-electron chi connectivity index (χ1n) is 5.75. The van der Waals surface area contributed by atoms with Crippen molar-refractivity contribution in [1.29, 1.82) is 0 Å². The van der Waals surface area contributed by atoms with E-state index >= 15 is 0 Å². The summed E-state index contributed by atoms with van der Waals surface area (Å²) in [6.07, 6.45) is 2.36. The van der Waals surface area contributed by atoms with Crippen LogP contribution in [0.5, 0.6) is 5.75 Å². The van der Waals surface area contributed by atoms with Crippen LogP contribution >= 0.6 is 0 Å². The van der Waals surface area contributed by atoms with Crippen molar-refractivity contribution in [1.82, 2.24) is 5.32 Å². The molecule has 3 atom stereocenters. The predicted octanol–water partition coefficient (Wildman–Crippen LogP) is 2.64. The van der Waals surface area contributed by atoms with Crippen molar-refractivity contribution in [2.75, 3.05) is 0 Å². The lowest BCUT2D eigenvalue weighted by Crippen LogP contribution is -2.28. The average Bonchev–Trinajstić information content (AvgIpc) is 2.61. The lowest BCUT2D eigenvalue weighted by atomic mass is 9.90. The van der Waals surface area contributed by atoms with E-state index in [1.54, 1.807) is 12.1 Å². The number of hydrogen-bond acceptors (Lipinski definition) is 2. The van der Waals surface area contributed by atoms with Gasteiger partial charge in [-0.3, -0.25) is 0 Å². The molecular weight excluding hydrogens is 186 g/mol. The Balaban J connectivity index is 2.19. The van der Waals surface area contributed by atoms with Crippen LogP contribution in [0.15, 0.2) is 24.3 Å². The fourth-order valence-electron chi connectivity index (χ4n) is 2.59. The summed E-state index contributed by atoms with van der Waals surface area (Å²) >= 11 is 0. The van der Waals surface area contributed by atoms with Crippen LogP contribution in [0, 0.1) is 0 Å². The van der Waals surface area contributed by atoms with E-state index < -0.39 is 0 Å². The highest BCUT2D eigenvalue weighted by molar-refractivity contribution is 5.30. The minimum Gasteiger partial charge on any atom is -0.508 e. The number of phenols is 1. The molecule has 0 unspecified atom stereocenters. The zero-order chi connectivity index (χ0) is 10.8. The van der Waals surface area contributed by atoms with Crippen molar-refractivity contribution in [2.45, 2.75) is 44.7 Å². The van der Waals surface area contributed by atoms with Gasteiger partial charge in [0.15, 0.2) is 0 Å². The Kier molecular flexibility index (Phi) is 2.96. The Hall–Kier alpha value is -1.02. The number of hydrogen-bond donors (Lipinski definition) is 2. The quantitative estimate of drug-likeness (QED) is 0.778. The highest BCUT2D eigenvalue weighted by Crippen LogP contribution is 2.32. The molecule has 0 saturated carbocycles. The molecule has 82 valence electrons. The number of nitrogens with one attached hydrogen (secondary N) is 1. The molecule has 0 aromatic heterocycles. The summed E-state index contributed by atoms with van der Waals surface area (Å²) in [6, 6.07) is 8.85. The number of benzene rings is 1. The van der Waals surface area contributed by atoms with Crippen molar-refractivity contribution >= 4 is 0 Å². The summed E-state index contributed by atoms with van der Waals surface area (Å²) in [7, 11) is 0. The summed E-state index contributed by atoms with van der Waals surface area (Å²) in [5.74, 6) is 0.955. The molecule has 2 N–H and O–H groups in total. The van der Waals surface area contributed by atoms with Gasteiger partial charge in [-0.25, -0.2) is 0 Å². The highest BCUT2D eigenvalue weighted by Gasteiger charge is 2.30. The summed E-state index contributed by atoms with van der Waals surface area (Å²) in [5.41, 5.74) is 1.34. The third-order valence-corrected chi connectivity index (χ3v) is 3.35. The molecule has 2 heteroatoms. The molecule has 1 aliphatic heterocycles. The van der Waals surface area contributed by atoms with Gasteiger partial charge in [-0.05, 0) is 37.5 Å². The summed E-state index contributed by atoms with van der Waals surface area (Å²) < 4.78 is 0. The first-order valence-corrected chi connectivity index (χ1v) is 5.75. The van der Waals surface area contributed by atoms with Gasteiger partial charge in [0.2, 0.25) is 0 Å². The molecule has 0 aliphatic carbocycles. The lowest BCUT2D eigenvalue weighted by molar-refractivity contribution is 0.474. The van der Waals surface area contributed by atoms with Gasteiger partial charge in [0.25, 0.3) is 0 Å². The summed E-state index contributed by atoms with van der Waals surface area (Å²) in [5, 5.41) is 12.9. The lowest BCUT2D eigenvalue weighted by Gasteiger charge is -2.18. The Bertz CT molecular complexity index is 320. The van der Waals surface area contributed by atoms with Gasteiger partial charge in [0, 0.05) is 18.0 Å². The zero-order valence-electron chi connectivity index (χ0n) is 9.40. The maximum atomic E-state index is 9.26. The molecule has 2 nitrogen and oxygen atoms in total. The second-order valence-corrected chi connectivity index (χ2v) is 4.52. The van der Waals surface area contributed by atoms with Crippen LogP contribution < -0.4 is 5.32 Å². The Labute approximate surface area is 91.3 Å². The fraction of sp³-hybridized carbons (Fsp3) is 0.538. The highest BCUT2D eigenvalue weighted by atomic mass is 16.3. The van der Waals surface area contributed by atoms with Gasteiger partial charge in [-0.2, -0.15) is 0 Å². The Morgan fingerprint density at radius 1 is 1.33 bits per heavy atom. The summed E-state index contributed by atoms with van der Waals surface area (Å²) in [6.45, 7) is 4.46. The van der Waals surface area contributed by atoms with E-state index in [0.717, 1.165) is 6.42 Å². The average molecular weight is 205 g/mol. The second kappa shape index (κ2) is 4.23. The molecule has 2 rings (SSSR count). The molecule has 1 fully saturated rings. The molecule has 0 amide bonds. The van der Waals surface area contributed by atoms with Crippen LogP contribution in [-0.2, 0) is 0 Å². The minimum absolute atomic E-state index is 0.353. The van der Waals surface area contributed by atoms with E-state index in [2.05, 4.69) is 19.2 Å². The van der Waals surface area contributed by atoms with Crippen LogP contribution in [0.3, 0.4) is 0 Å². The first kappa shape index (κ1) is 10.5. The van der Waals surface area contributed by atoms with E-state index in [0.29, 0.717) is 23.8 Å². The van der Waals surface area contributed by atoms with E-state index in [4.69, 9.17) is 0 Å². The van der Waals surface area contributed by atoms with E-state index in [1.165, 1.54) is 12.0 Å². The fourth-order valence-corrected chi connectivity index (χ4v) is 2.59. The maximum absolute atomic E-state index is 9.26. The van der Waals surface area contributed by atoms with Gasteiger partial charge >= 0.3 is 0 Å². The maximum Gasteiger partial charge on any atom is 0.115 e. The predicted molar refractivity (Wildman–Crippen MR) is 62.1 cm³/mol. The summed E-state index contributed by atoms with van der Waals surface area (Å²) in [4.78, 5) is 0. The monoisotopic (exact) mass is 205 g/mol. The van der Waals surface area contributed by atoms with Crippen molar-refractivity contribution < 1.29 is 5.11 Å². The minimum atomic E-state index is 0.353. The van der Waals surface area contributed by atoms with Crippen LogP contribution in [0.25, 0.3) is 0 Å². The molecule has 0 bridgehead atoms. The van der Waals surface area contributed by atoms with E-state index in [-0.39, 0.29) is 0 Å². The number of phenolic OH excluding ortho intramolecular Hbond substituents is 1. The third kappa shape index (κ3) is 2.15. The standard InChI is InChI=1S/C13H19NO/c1-3-13-12(8-9(2)14-13)10-4-6-11(15)7-5-10/h4-7,9,12-15H,3,8H2,1-2H3/t9-,12+,13+/m0/s1. The molecule has 1 saturated heterocycles. The van der Waals surface area contributed by atoms with Crippen LogP contribution in [0.4, 0.5) is 0 Å². The van der Waals surface area contributed by atoms with Crippen molar-refractivity contribution in [3.63, 3.8) is 0 Å². The van der Waals surface area contributed by atoms with E-state index in [1.807, 2.05) is 12.1 Å². The zero-order valence-corrected chi connectivity index (χ0v) is 9.40. The SMILES string of the molecule is CC[C@H]1N[C@@H](C)C[C@@H]1c1ccc(O)cc1. The molecule has 15 heavy (non-hydrogen) atoms. The van der Waals surface area contributed by atoms with Crippen LogP contribution in [-0.4, -0.2) is 17.2 Å². The van der Waals surface area contributed by atoms with Gasteiger partial charge in [-0.15, -0.1) is 0 Å². The number of aromatic hydroxyl groups is 1.